The molecule has 0 bridgehead atoms. The van der Waals surface area contributed by atoms with E-state index in [9.17, 15) is 23.9 Å². The summed E-state index contributed by atoms with van der Waals surface area (Å²) in [6.07, 6.45) is -3.45. The van der Waals surface area contributed by atoms with E-state index < -0.39 is 41.6 Å². The summed E-state index contributed by atoms with van der Waals surface area (Å²) in [7, 11) is 0. The SMILES string of the molecule is N=C(N)c1ccc(NC(=O)[C@H](O)C2OCCN(c3cccc(C(=O)O)c3)C2=O)cc1F. The Bertz CT molecular complexity index is 1060. The minimum absolute atomic E-state index is 0.0000174. The van der Waals surface area contributed by atoms with Crippen LogP contribution in [0.3, 0.4) is 0 Å². The Balaban J connectivity index is 1.74. The van der Waals surface area contributed by atoms with Gasteiger partial charge >= 0.3 is 5.97 Å². The van der Waals surface area contributed by atoms with Crippen LogP contribution in [0.5, 0.6) is 0 Å². The van der Waals surface area contributed by atoms with E-state index in [2.05, 4.69) is 5.32 Å². The van der Waals surface area contributed by atoms with Gasteiger partial charge < -0.3 is 30.9 Å². The van der Waals surface area contributed by atoms with Crippen molar-refractivity contribution in [1.29, 1.82) is 5.41 Å². The van der Waals surface area contributed by atoms with E-state index in [0.717, 1.165) is 6.07 Å². The highest BCUT2D eigenvalue weighted by atomic mass is 19.1. The molecule has 1 saturated heterocycles. The van der Waals surface area contributed by atoms with E-state index in [-0.39, 0.29) is 35.7 Å². The van der Waals surface area contributed by atoms with Gasteiger partial charge in [-0.1, -0.05) is 6.07 Å². The Hall–Kier alpha value is -3.83. The first-order valence-corrected chi connectivity index (χ1v) is 9.08. The summed E-state index contributed by atoms with van der Waals surface area (Å²) in [5, 5.41) is 29.0. The maximum absolute atomic E-state index is 13.9. The third-order valence-electron chi connectivity index (χ3n) is 4.61. The molecule has 0 aliphatic carbocycles. The number of amides is 2. The maximum atomic E-state index is 13.9. The van der Waals surface area contributed by atoms with Crippen LogP contribution < -0.4 is 16.0 Å². The largest absolute Gasteiger partial charge is 0.478 e. The molecule has 11 heteroatoms. The van der Waals surface area contributed by atoms with Crippen molar-refractivity contribution in [3.05, 3.63) is 59.4 Å². The molecule has 1 fully saturated rings. The van der Waals surface area contributed by atoms with Gasteiger partial charge in [0, 0.05) is 17.9 Å². The zero-order chi connectivity index (χ0) is 22.7. The summed E-state index contributed by atoms with van der Waals surface area (Å²) in [5.41, 5.74) is 5.34. The lowest BCUT2D eigenvalue weighted by Crippen LogP contribution is -2.55. The van der Waals surface area contributed by atoms with Crippen molar-refractivity contribution in [2.75, 3.05) is 23.4 Å². The smallest absolute Gasteiger partial charge is 0.335 e. The molecule has 1 heterocycles. The average Bonchev–Trinajstić information content (AvgIpc) is 2.73. The number of carboxylic acids is 1. The minimum Gasteiger partial charge on any atom is -0.478 e. The normalized spacial score (nSPS) is 17.2. The number of nitrogen functional groups attached to an aromatic ring is 1. The monoisotopic (exact) mass is 430 g/mol. The second kappa shape index (κ2) is 8.90. The molecule has 1 aliphatic rings. The van der Waals surface area contributed by atoms with Crippen molar-refractivity contribution in [3.8, 4) is 0 Å². The number of aliphatic hydroxyl groups is 1. The van der Waals surface area contributed by atoms with Crippen molar-refractivity contribution in [1.82, 2.24) is 0 Å². The average molecular weight is 430 g/mol. The van der Waals surface area contributed by atoms with E-state index in [4.69, 9.17) is 21.0 Å². The van der Waals surface area contributed by atoms with Crippen LogP contribution in [0.15, 0.2) is 42.5 Å². The van der Waals surface area contributed by atoms with Gasteiger partial charge in [-0.25, -0.2) is 9.18 Å². The number of nitrogens with one attached hydrogen (secondary N) is 2. The lowest BCUT2D eigenvalue weighted by Gasteiger charge is -2.34. The number of nitrogens with zero attached hydrogens (tertiary/aromatic N) is 1. The first-order valence-electron chi connectivity index (χ1n) is 9.08. The molecule has 0 spiro atoms. The maximum Gasteiger partial charge on any atom is 0.335 e. The molecule has 10 nitrogen and oxygen atoms in total. The third kappa shape index (κ3) is 4.68. The first-order chi connectivity index (χ1) is 14.7. The molecule has 0 radical (unpaired) electrons. The highest BCUT2D eigenvalue weighted by molar-refractivity contribution is 6.04. The van der Waals surface area contributed by atoms with Crippen molar-refractivity contribution >= 4 is 35.0 Å². The van der Waals surface area contributed by atoms with Crippen molar-refractivity contribution in [2.24, 2.45) is 5.73 Å². The van der Waals surface area contributed by atoms with Crippen molar-refractivity contribution < 1.29 is 33.7 Å². The number of benzene rings is 2. The number of nitrogens with two attached hydrogens (primary N) is 1. The van der Waals surface area contributed by atoms with E-state index in [1.807, 2.05) is 0 Å². The van der Waals surface area contributed by atoms with Gasteiger partial charge in [0.1, 0.15) is 11.7 Å². The highest BCUT2D eigenvalue weighted by Gasteiger charge is 2.39. The Morgan fingerprint density at radius 1 is 1.29 bits per heavy atom. The molecular weight excluding hydrogens is 411 g/mol. The second-order valence-corrected chi connectivity index (χ2v) is 6.68. The van der Waals surface area contributed by atoms with E-state index in [0.29, 0.717) is 0 Å². The van der Waals surface area contributed by atoms with E-state index in [1.54, 1.807) is 0 Å². The molecule has 1 aliphatic heterocycles. The molecule has 0 saturated carbocycles. The van der Waals surface area contributed by atoms with Gasteiger partial charge in [0.25, 0.3) is 11.8 Å². The predicted octanol–water partition coefficient (Wildman–Crippen LogP) is 0.539. The van der Waals surface area contributed by atoms with Gasteiger partial charge in [0.2, 0.25) is 0 Å². The molecule has 2 aromatic rings. The number of aliphatic hydroxyl groups excluding tert-OH is 1. The fourth-order valence-corrected chi connectivity index (χ4v) is 3.06. The van der Waals surface area contributed by atoms with Gasteiger partial charge in [-0.15, -0.1) is 0 Å². The number of carboxylic acid groups (broad SMARTS) is 1. The van der Waals surface area contributed by atoms with Crippen LogP contribution in [0.4, 0.5) is 15.8 Å². The van der Waals surface area contributed by atoms with Gasteiger partial charge in [-0.2, -0.15) is 0 Å². The summed E-state index contributed by atoms with van der Waals surface area (Å²) >= 11 is 0. The summed E-state index contributed by atoms with van der Waals surface area (Å²) in [6, 6.07) is 9.07. The number of halogens is 1. The lowest BCUT2D eigenvalue weighted by atomic mass is 10.1. The Morgan fingerprint density at radius 3 is 2.68 bits per heavy atom. The molecule has 162 valence electrons. The quantitative estimate of drug-likeness (QED) is 0.329. The number of anilines is 2. The molecule has 31 heavy (non-hydrogen) atoms. The van der Waals surface area contributed by atoms with Gasteiger partial charge in [-0.3, -0.25) is 15.0 Å². The number of hydrogen-bond acceptors (Lipinski definition) is 6. The molecular formula is C20H19FN4O6. The lowest BCUT2D eigenvalue weighted by molar-refractivity contribution is -0.150. The number of carbonyl (C=O) groups excluding carboxylic acids is 2. The highest BCUT2D eigenvalue weighted by Crippen LogP contribution is 2.22. The van der Waals surface area contributed by atoms with Crippen LogP contribution in [-0.2, 0) is 14.3 Å². The van der Waals surface area contributed by atoms with Crippen LogP contribution in [-0.4, -0.2) is 59.2 Å². The first kappa shape index (κ1) is 21.9. The zero-order valence-corrected chi connectivity index (χ0v) is 16.0. The Morgan fingerprint density at radius 2 is 2.03 bits per heavy atom. The molecule has 6 N–H and O–H groups in total. The van der Waals surface area contributed by atoms with Crippen LogP contribution in [0.2, 0.25) is 0 Å². The van der Waals surface area contributed by atoms with Crippen molar-refractivity contribution in [2.45, 2.75) is 12.2 Å². The summed E-state index contributed by atoms with van der Waals surface area (Å²) in [4.78, 5) is 37.6. The number of hydrogen-bond donors (Lipinski definition) is 5. The van der Waals surface area contributed by atoms with E-state index in [1.165, 1.54) is 41.3 Å². The fraction of sp³-hybridized carbons (Fsp3) is 0.200. The molecule has 0 aromatic heterocycles. The van der Waals surface area contributed by atoms with Crippen LogP contribution in [0, 0.1) is 11.2 Å². The van der Waals surface area contributed by atoms with Crippen LogP contribution >= 0.6 is 0 Å². The topological polar surface area (TPSA) is 166 Å². The predicted molar refractivity (Wildman–Crippen MR) is 108 cm³/mol. The number of morpholine rings is 1. The Kier molecular flexibility index (Phi) is 6.28. The summed E-state index contributed by atoms with van der Waals surface area (Å²) in [6.45, 7) is 0.102. The number of amidine groups is 1. The summed E-state index contributed by atoms with van der Waals surface area (Å²) < 4.78 is 19.2. The third-order valence-corrected chi connectivity index (χ3v) is 4.61. The van der Waals surface area contributed by atoms with E-state index >= 15 is 0 Å². The van der Waals surface area contributed by atoms with Gasteiger partial charge in [0.15, 0.2) is 12.2 Å². The molecule has 3 rings (SSSR count). The summed E-state index contributed by atoms with van der Waals surface area (Å²) in [5.74, 6) is -4.22. The fourth-order valence-electron chi connectivity index (χ4n) is 3.06. The molecule has 2 aromatic carbocycles. The number of ether oxygens (including phenoxy) is 1. The van der Waals surface area contributed by atoms with Crippen molar-refractivity contribution in [3.63, 3.8) is 0 Å². The number of aromatic carboxylic acids is 1. The minimum atomic E-state index is -1.91. The van der Waals surface area contributed by atoms with Gasteiger partial charge in [-0.05, 0) is 36.4 Å². The number of rotatable bonds is 6. The molecule has 1 unspecified atom stereocenters. The van der Waals surface area contributed by atoms with Crippen LogP contribution in [0.1, 0.15) is 15.9 Å². The molecule has 2 atom stereocenters. The Labute approximate surface area is 175 Å². The standard InChI is InChI=1S/C20H19FN4O6/c21-14-9-11(4-5-13(14)17(22)23)24-18(27)15(26)16-19(28)25(6-7-31-16)12-3-1-2-10(8-12)20(29)30/h1-5,8-9,15-16,26H,6-7H2,(H3,22,23)(H,24,27)(H,29,30)/t15-,16?/m1/s1. The number of carbonyl (C=O) groups is 3. The van der Waals surface area contributed by atoms with Crippen LogP contribution in [0.25, 0.3) is 0 Å². The van der Waals surface area contributed by atoms with Gasteiger partial charge in [0.05, 0.1) is 17.7 Å². The zero-order valence-electron chi connectivity index (χ0n) is 16.0. The molecule has 2 amide bonds. The second-order valence-electron chi connectivity index (χ2n) is 6.68.